The van der Waals surface area contributed by atoms with Gasteiger partial charge in [0.25, 0.3) is 0 Å². The Labute approximate surface area is 190 Å². The highest BCUT2D eigenvalue weighted by atomic mass is 16.2. The van der Waals surface area contributed by atoms with Crippen molar-refractivity contribution in [2.45, 2.75) is 38.5 Å². The molecule has 1 saturated carbocycles. The number of amides is 1. The summed E-state index contributed by atoms with van der Waals surface area (Å²) < 4.78 is 0. The highest BCUT2D eigenvalue weighted by Gasteiger charge is 2.50. The fraction of sp³-hybridized carbons (Fsp3) is 0.360. The summed E-state index contributed by atoms with van der Waals surface area (Å²) in [7, 11) is 5.58. The van der Waals surface area contributed by atoms with Crippen molar-refractivity contribution in [3.63, 3.8) is 0 Å². The third-order valence-corrected chi connectivity index (χ3v) is 5.75. The molecule has 1 aliphatic carbocycles. The fourth-order valence-corrected chi connectivity index (χ4v) is 4.02. The summed E-state index contributed by atoms with van der Waals surface area (Å²) in [5.74, 6) is 0.565. The lowest BCUT2D eigenvalue weighted by Gasteiger charge is -2.36. The molecule has 1 fully saturated rings. The minimum atomic E-state index is -0.317. The van der Waals surface area contributed by atoms with Crippen LogP contribution in [-0.4, -0.2) is 49.3 Å². The van der Waals surface area contributed by atoms with E-state index >= 15 is 0 Å². The largest absolute Gasteiger partial charge is 0.383 e. The van der Waals surface area contributed by atoms with Crippen molar-refractivity contribution in [2.24, 2.45) is 15.0 Å². The van der Waals surface area contributed by atoms with Gasteiger partial charge in [-0.15, -0.1) is 0 Å². The average Bonchev–Trinajstić information content (AvgIpc) is 3.03. The maximum atomic E-state index is 12.5. The monoisotopic (exact) mass is 432 g/mol. The Kier molecular flexibility index (Phi) is 7.08. The van der Waals surface area contributed by atoms with Crippen molar-refractivity contribution >= 4 is 34.7 Å². The molecule has 0 atom stereocenters. The molecule has 2 N–H and O–H groups in total. The topological polar surface area (TPSA) is 81.4 Å². The number of hydrogen-bond acceptors (Lipinski definition) is 4. The van der Waals surface area contributed by atoms with Crippen LogP contribution in [0.25, 0.3) is 0 Å². The third kappa shape index (κ3) is 4.56. The zero-order valence-corrected chi connectivity index (χ0v) is 19.6. The SMILES string of the molecule is C=CC(=C\N(C)C)/C(=N\C=C/C)C(C)=NC(=NC)Nc1ccc2c(c1)NC(=O)C21CCC1. The highest BCUT2D eigenvalue weighted by Crippen LogP contribution is 2.51. The van der Waals surface area contributed by atoms with Crippen LogP contribution in [0.15, 0.2) is 69.9 Å². The number of guanidine groups is 1. The molecule has 32 heavy (non-hydrogen) atoms. The van der Waals surface area contributed by atoms with E-state index in [1.165, 1.54) is 0 Å². The van der Waals surface area contributed by atoms with Gasteiger partial charge in [0.1, 0.15) is 0 Å². The van der Waals surface area contributed by atoms with Gasteiger partial charge in [-0.05, 0) is 44.4 Å². The molecule has 168 valence electrons. The third-order valence-electron chi connectivity index (χ3n) is 5.75. The van der Waals surface area contributed by atoms with E-state index in [-0.39, 0.29) is 11.3 Å². The van der Waals surface area contributed by atoms with Gasteiger partial charge in [0, 0.05) is 50.5 Å². The van der Waals surface area contributed by atoms with E-state index in [4.69, 9.17) is 0 Å². The molecule has 0 aromatic heterocycles. The number of rotatable bonds is 6. The number of carbonyl (C=O) groups excluding carboxylic acids is 1. The van der Waals surface area contributed by atoms with E-state index in [0.717, 1.165) is 41.8 Å². The fourth-order valence-electron chi connectivity index (χ4n) is 4.02. The molecule has 0 unspecified atom stereocenters. The summed E-state index contributed by atoms with van der Waals surface area (Å²) in [5, 5.41) is 6.30. The predicted octanol–water partition coefficient (Wildman–Crippen LogP) is 4.53. The van der Waals surface area contributed by atoms with Gasteiger partial charge < -0.3 is 15.5 Å². The highest BCUT2D eigenvalue weighted by molar-refractivity contribution is 6.49. The number of hydrogen-bond donors (Lipinski definition) is 2. The lowest BCUT2D eigenvalue weighted by atomic mass is 9.65. The number of anilines is 2. The summed E-state index contributed by atoms with van der Waals surface area (Å²) in [5.41, 5.74) is 4.74. The zero-order valence-electron chi connectivity index (χ0n) is 19.6. The maximum absolute atomic E-state index is 12.5. The van der Waals surface area contributed by atoms with Crippen LogP contribution in [-0.2, 0) is 10.2 Å². The zero-order chi connectivity index (χ0) is 23.3. The van der Waals surface area contributed by atoms with Crippen molar-refractivity contribution in [1.82, 2.24) is 4.90 Å². The molecule has 7 heteroatoms. The van der Waals surface area contributed by atoms with Crippen LogP contribution in [0.5, 0.6) is 0 Å². The number of allylic oxidation sites excluding steroid dienone is 3. The van der Waals surface area contributed by atoms with Crippen molar-refractivity contribution in [3.8, 4) is 0 Å². The molecular weight excluding hydrogens is 400 g/mol. The van der Waals surface area contributed by atoms with Crippen molar-refractivity contribution in [1.29, 1.82) is 0 Å². The molecule has 2 aliphatic rings. The van der Waals surface area contributed by atoms with Gasteiger partial charge in [-0.25, -0.2) is 4.99 Å². The first-order valence-corrected chi connectivity index (χ1v) is 10.8. The molecular formula is C25H32N6O. The van der Waals surface area contributed by atoms with Crippen LogP contribution in [0.2, 0.25) is 0 Å². The van der Waals surface area contributed by atoms with E-state index in [2.05, 4.69) is 32.2 Å². The Morgan fingerprint density at radius 3 is 2.62 bits per heavy atom. The Morgan fingerprint density at radius 1 is 1.31 bits per heavy atom. The molecule has 1 spiro atoms. The number of benzene rings is 1. The summed E-state index contributed by atoms with van der Waals surface area (Å²) in [6.07, 6.45) is 10.2. The van der Waals surface area contributed by atoms with Crippen LogP contribution < -0.4 is 10.6 Å². The summed E-state index contributed by atoms with van der Waals surface area (Å²) >= 11 is 0. The second-order valence-electron chi connectivity index (χ2n) is 8.23. The first-order chi connectivity index (χ1) is 15.3. The van der Waals surface area contributed by atoms with Gasteiger partial charge in [-0.1, -0.05) is 31.2 Å². The molecule has 1 aliphatic heterocycles. The van der Waals surface area contributed by atoms with Crippen LogP contribution in [0.4, 0.5) is 11.4 Å². The predicted molar refractivity (Wildman–Crippen MR) is 135 cm³/mol. The summed E-state index contributed by atoms with van der Waals surface area (Å²) in [6.45, 7) is 7.73. The molecule has 3 rings (SSSR count). The van der Waals surface area contributed by atoms with E-state index < -0.39 is 0 Å². The Balaban J connectivity index is 1.86. The average molecular weight is 433 g/mol. The molecule has 0 bridgehead atoms. The maximum Gasteiger partial charge on any atom is 0.235 e. The van der Waals surface area contributed by atoms with E-state index in [1.807, 2.05) is 63.3 Å². The minimum Gasteiger partial charge on any atom is -0.383 e. The van der Waals surface area contributed by atoms with Gasteiger partial charge in [-0.2, -0.15) is 0 Å². The number of carbonyl (C=O) groups is 1. The van der Waals surface area contributed by atoms with E-state index in [0.29, 0.717) is 17.4 Å². The summed E-state index contributed by atoms with van der Waals surface area (Å²) in [4.78, 5) is 28.0. The lowest BCUT2D eigenvalue weighted by molar-refractivity contribution is -0.123. The normalized spacial score (nSPS) is 18.5. The van der Waals surface area contributed by atoms with Gasteiger partial charge in [0.05, 0.1) is 16.8 Å². The molecule has 0 saturated heterocycles. The molecule has 7 nitrogen and oxygen atoms in total. The van der Waals surface area contributed by atoms with Crippen LogP contribution in [0.3, 0.4) is 0 Å². The van der Waals surface area contributed by atoms with Crippen LogP contribution in [0, 0.1) is 0 Å². The van der Waals surface area contributed by atoms with Gasteiger partial charge in [-0.3, -0.25) is 14.8 Å². The Hall–Kier alpha value is -3.48. The smallest absolute Gasteiger partial charge is 0.235 e. The van der Waals surface area contributed by atoms with Gasteiger partial charge in [0.15, 0.2) is 0 Å². The Bertz CT molecular complexity index is 1050. The first-order valence-electron chi connectivity index (χ1n) is 10.8. The first kappa shape index (κ1) is 23.2. The standard InChI is InChI=1S/C25H32N6O/c1-7-14-27-22(18(8-2)16-31(5)6)17(3)28-24(26-4)29-19-10-11-20-21(15-19)30-23(32)25(20)12-9-13-25/h7-8,10-11,14-16H,2,9,12-13H2,1,3-6H3,(H,26,29)(H,30,32)/b14-7-,18-16+,27-22-,28-17?. The molecule has 0 radical (unpaired) electrons. The number of nitrogens with zero attached hydrogens (tertiary/aromatic N) is 4. The second-order valence-corrected chi connectivity index (χ2v) is 8.23. The Morgan fingerprint density at radius 2 is 2.06 bits per heavy atom. The van der Waals surface area contributed by atoms with E-state index in [9.17, 15) is 4.79 Å². The minimum absolute atomic E-state index is 0.114. The van der Waals surface area contributed by atoms with E-state index in [1.54, 1.807) is 19.3 Å². The number of fused-ring (bicyclic) bond motifs is 2. The molecule has 1 aromatic carbocycles. The van der Waals surface area contributed by atoms with Crippen LogP contribution >= 0.6 is 0 Å². The summed E-state index contributed by atoms with van der Waals surface area (Å²) in [6, 6.07) is 5.96. The number of aliphatic imine (C=N–C) groups is 3. The van der Waals surface area contributed by atoms with Gasteiger partial charge >= 0.3 is 0 Å². The van der Waals surface area contributed by atoms with Crippen LogP contribution in [0.1, 0.15) is 38.7 Å². The molecule has 1 aromatic rings. The number of nitrogens with one attached hydrogen (secondary N) is 2. The second kappa shape index (κ2) is 9.77. The van der Waals surface area contributed by atoms with Gasteiger partial charge in [0.2, 0.25) is 11.9 Å². The van der Waals surface area contributed by atoms with Crippen molar-refractivity contribution in [2.75, 3.05) is 31.8 Å². The lowest BCUT2D eigenvalue weighted by Crippen LogP contribution is -2.40. The molecule has 1 heterocycles. The van der Waals surface area contributed by atoms with Crippen molar-refractivity contribution < 1.29 is 4.79 Å². The quantitative estimate of drug-likeness (QED) is 0.394. The molecule has 1 amide bonds. The van der Waals surface area contributed by atoms with Crippen molar-refractivity contribution in [3.05, 3.63) is 60.5 Å².